The topological polar surface area (TPSA) is 123 Å². The number of halogens is 2. The van der Waals surface area contributed by atoms with E-state index in [0.29, 0.717) is 69.0 Å². The zero-order valence-electron chi connectivity index (χ0n) is 24.9. The Morgan fingerprint density at radius 1 is 1.02 bits per heavy atom. The van der Waals surface area contributed by atoms with Gasteiger partial charge in [-0.25, -0.2) is 14.6 Å². The number of carbonyl (C=O) groups is 1. The van der Waals surface area contributed by atoms with Gasteiger partial charge in [0, 0.05) is 65.9 Å². The van der Waals surface area contributed by atoms with Crippen molar-refractivity contribution in [2.45, 2.75) is 32.4 Å². The highest BCUT2D eigenvalue weighted by Crippen LogP contribution is 2.42. The normalized spacial score (nSPS) is 14.5. The first-order valence-electron chi connectivity index (χ1n) is 14.5. The largest absolute Gasteiger partial charge is 0.481 e. The number of benzene rings is 2. The van der Waals surface area contributed by atoms with Gasteiger partial charge in [-0.2, -0.15) is 5.10 Å². The lowest BCUT2D eigenvalue weighted by atomic mass is 10.00. The zero-order valence-corrected chi connectivity index (χ0v) is 26.5. The highest BCUT2D eigenvalue weighted by Gasteiger charge is 2.21. The predicted octanol–water partition coefficient (Wildman–Crippen LogP) is 5.79. The molecule has 1 atom stereocenters. The summed E-state index contributed by atoms with van der Waals surface area (Å²) in [6.45, 7) is 3.07. The molecule has 1 aliphatic rings. The SMILES string of the molecule is COc1nc(-c2cccc(-c3cccc(Nc4nc(C)cc5cnn(C)c(=O)c45)c3Cl)c2Cl)ccc1CNCC1CCC(=O)N1. The number of rotatable bonds is 9. The molecule has 1 fully saturated rings. The number of amides is 1. The Bertz CT molecular complexity index is 2000. The van der Waals surface area contributed by atoms with Crippen molar-refractivity contribution >= 4 is 51.4 Å². The van der Waals surface area contributed by atoms with Gasteiger partial charge in [-0.3, -0.25) is 9.59 Å². The Balaban J connectivity index is 1.29. The van der Waals surface area contributed by atoms with Crippen molar-refractivity contribution in [2.24, 2.45) is 7.05 Å². The molecule has 6 rings (SSSR count). The third-order valence-electron chi connectivity index (χ3n) is 7.80. The van der Waals surface area contributed by atoms with E-state index in [1.807, 2.05) is 61.5 Å². The smallest absolute Gasteiger partial charge is 0.278 e. The van der Waals surface area contributed by atoms with Gasteiger partial charge in [-0.05, 0) is 31.5 Å². The van der Waals surface area contributed by atoms with Gasteiger partial charge in [-0.15, -0.1) is 0 Å². The first-order chi connectivity index (χ1) is 21.7. The number of anilines is 2. The average molecular weight is 645 g/mol. The summed E-state index contributed by atoms with van der Waals surface area (Å²) >= 11 is 14.0. The van der Waals surface area contributed by atoms with E-state index < -0.39 is 0 Å². The zero-order chi connectivity index (χ0) is 31.7. The van der Waals surface area contributed by atoms with Gasteiger partial charge < -0.3 is 20.7 Å². The van der Waals surface area contributed by atoms with Gasteiger partial charge in [-0.1, -0.05) is 59.6 Å². The maximum absolute atomic E-state index is 13.0. The van der Waals surface area contributed by atoms with E-state index in [1.165, 1.54) is 4.68 Å². The summed E-state index contributed by atoms with van der Waals surface area (Å²) in [7, 11) is 3.18. The molecule has 230 valence electrons. The van der Waals surface area contributed by atoms with Crippen LogP contribution < -0.4 is 26.2 Å². The Labute approximate surface area is 269 Å². The van der Waals surface area contributed by atoms with Gasteiger partial charge >= 0.3 is 0 Å². The van der Waals surface area contributed by atoms with Crippen LogP contribution in [0.4, 0.5) is 11.5 Å². The Morgan fingerprint density at radius 2 is 1.78 bits per heavy atom. The van der Waals surface area contributed by atoms with Gasteiger partial charge in [0.25, 0.3) is 5.56 Å². The molecule has 1 saturated heterocycles. The van der Waals surface area contributed by atoms with Crippen molar-refractivity contribution in [3.8, 4) is 28.3 Å². The monoisotopic (exact) mass is 643 g/mol. The van der Waals surface area contributed by atoms with E-state index in [-0.39, 0.29) is 17.5 Å². The fraction of sp³-hybridized carbons (Fsp3) is 0.242. The molecule has 45 heavy (non-hydrogen) atoms. The molecule has 0 saturated carbocycles. The van der Waals surface area contributed by atoms with Crippen LogP contribution in [0.15, 0.2) is 65.6 Å². The molecule has 0 radical (unpaired) electrons. The molecular weight excluding hydrogens is 613 g/mol. The van der Waals surface area contributed by atoms with E-state index in [9.17, 15) is 9.59 Å². The maximum Gasteiger partial charge on any atom is 0.278 e. The molecule has 1 amide bonds. The van der Waals surface area contributed by atoms with Crippen molar-refractivity contribution in [3.63, 3.8) is 0 Å². The van der Waals surface area contributed by atoms with E-state index in [4.69, 9.17) is 32.9 Å². The average Bonchev–Trinajstić information content (AvgIpc) is 3.45. The van der Waals surface area contributed by atoms with Gasteiger partial charge in [0.05, 0.1) is 40.1 Å². The van der Waals surface area contributed by atoms with E-state index in [1.54, 1.807) is 20.4 Å². The highest BCUT2D eigenvalue weighted by atomic mass is 35.5. The molecule has 0 aliphatic carbocycles. The van der Waals surface area contributed by atoms with Crippen LogP contribution in [0.25, 0.3) is 33.2 Å². The number of fused-ring (bicyclic) bond motifs is 1. The van der Waals surface area contributed by atoms with Gasteiger partial charge in [0.1, 0.15) is 5.82 Å². The molecule has 2 aromatic carbocycles. The van der Waals surface area contributed by atoms with Crippen molar-refractivity contribution in [1.29, 1.82) is 0 Å². The molecule has 3 aromatic heterocycles. The third kappa shape index (κ3) is 6.22. The fourth-order valence-corrected chi connectivity index (χ4v) is 6.12. The molecule has 1 unspecified atom stereocenters. The number of aryl methyl sites for hydroxylation is 2. The van der Waals surface area contributed by atoms with Crippen LogP contribution in [0.3, 0.4) is 0 Å². The minimum Gasteiger partial charge on any atom is -0.481 e. The Morgan fingerprint density at radius 3 is 2.53 bits per heavy atom. The van der Waals surface area contributed by atoms with Crippen LogP contribution in [-0.2, 0) is 18.4 Å². The van der Waals surface area contributed by atoms with Gasteiger partial charge in [0.15, 0.2) is 0 Å². The van der Waals surface area contributed by atoms with Crippen molar-refractivity contribution in [2.75, 3.05) is 19.0 Å². The number of ether oxygens (including phenoxy) is 1. The first kappa shape index (κ1) is 30.5. The predicted molar refractivity (Wildman–Crippen MR) is 177 cm³/mol. The molecule has 1 aliphatic heterocycles. The van der Waals surface area contributed by atoms with Crippen molar-refractivity contribution in [1.82, 2.24) is 30.4 Å². The summed E-state index contributed by atoms with van der Waals surface area (Å²) in [6, 6.07) is 17.1. The summed E-state index contributed by atoms with van der Waals surface area (Å²) in [5, 5.41) is 15.8. The minimum absolute atomic E-state index is 0.0931. The number of hydrogen-bond donors (Lipinski definition) is 3. The second-order valence-electron chi connectivity index (χ2n) is 10.9. The number of methoxy groups -OCH3 is 1. The molecule has 5 aromatic rings. The van der Waals surface area contributed by atoms with E-state index >= 15 is 0 Å². The first-order valence-corrected chi connectivity index (χ1v) is 15.2. The molecule has 0 spiro atoms. The fourth-order valence-electron chi connectivity index (χ4n) is 5.52. The van der Waals surface area contributed by atoms with E-state index in [2.05, 4.69) is 26.0 Å². The second-order valence-corrected chi connectivity index (χ2v) is 11.7. The third-order valence-corrected chi connectivity index (χ3v) is 8.61. The number of carbonyl (C=O) groups excluding carboxylic acids is 1. The second kappa shape index (κ2) is 12.8. The van der Waals surface area contributed by atoms with E-state index in [0.717, 1.165) is 28.8 Å². The molecule has 4 heterocycles. The number of aromatic nitrogens is 4. The molecular formula is C33H31Cl2N7O3. The lowest BCUT2D eigenvalue weighted by Crippen LogP contribution is -2.35. The standard InChI is InChI=1S/C33H31Cl2N7O3/c1-18-14-20-16-37-42(2)33(44)28(20)31(38-18)40-26-9-5-7-23(30(26)35)22-6-4-8-24(29(22)34)25-12-10-19(32(41-25)45-3)15-36-17-21-11-13-27(43)39-21/h4-10,12,14,16,21,36H,11,13,15,17H2,1-3H3,(H,38,40)(H,39,43). The Hall–Kier alpha value is -4.51. The molecule has 3 N–H and O–H groups in total. The van der Waals surface area contributed by atoms with Crippen LogP contribution in [0.1, 0.15) is 24.1 Å². The molecule has 10 nitrogen and oxygen atoms in total. The lowest BCUT2D eigenvalue weighted by molar-refractivity contribution is -0.119. The van der Waals surface area contributed by atoms with Crippen LogP contribution >= 0.6 is 23.2 Å². The van der Waals surface area contributed by atoms with Crippen molar-refractivity contribution in [3.05, 3.63) is 92.5 Å². The van der Waals surface area contributed by atoms with Gasteiger partial charge in [0.2, 0.25) is 11.8 Å². The molecule has 12 heteroatoms. The number of nitrogens with one attached hydrogen (secondary N) is 3. The van der Waals surface area contributed by atoms with Crippen LogP contribution in [-0.4, -0.2) is 45.4 Å². The minimum atomic E-state index is -0.266. The number of nitrogens with zero attached hydrogens (tertiary/aromatic N) is 4. The van der Waals surface area contributed by atoms with Crippen molar-refractivity contribution < 1.29 is 9.53 Å². The quantitative estimate of drug-likeness (QED) is 0.184. The summed E-state index contributed by atoms with van der Waals surface area (Å²) in [5.41, 5.74) is 4.72. The summed E-state index contributed by atoms with van der Waals surface area (Å²) in [4.78, 5) is 33.8. The van der Waals surface area contributed by atoms with Crippen LogP contribution in [0.2, 0.25) is 10.0 Å². The lowest BCUT2D eigenvalue weighted by Gasteiger charge is -2.16. The highest BCUT2D eigenvalue weighted by molar-refractivity contribution is 6.39. The maximum atomic E-state index is 13.0. The summed E-state index contributed by atoms with van der Waals surface area (Å²) < 4.78 is 6.90. The van der Waals surface area contributed by atoms with Crippen LogP contribution in [0, 0.1) is 6.92 Å². The molecule has 0 bridgehead atoms. The summed E-state index contributed by atoms with van der Waals surface area (Å²) in [6.07, 6.45) is 3.04. The Kier molecular flexibility index (Phi) is 8.71. The number of hydrogen-bond acceptors (Lipinski definition) is 8. The summed E-state index contributed by atoms with van der Waals surface area (Å²) in [5.74, 6) is 0.974. The number of pyridine rings is 2. The van der Waals surface area contributed by atoms with Crippen LogP contribution in [0.5, 0.6) is 5.88 Å².